The van der Waals surface area contributed by atoms with Crippen LogP contribution >= 0.6 is 0 Å². The molecule has 2 aromatic rings. The minimum Gasteiger partial charge on any atom is -0.358 e. The molecule has 1 amide bonds. The Kier molecular flexibility index (Phi) is 2.93. The summed E-state index contributed by atoms with van der Waals surface area (Å²) >= 11 is 0. The van der Waals surface area contributed by atoms with E-state index >= 15 is 0 Å². The lowest BCUT2D eigenvalue weighted by Crippen LogP contribution is -2.55. The molecule has 1 saturated carbocycles. The van der Waals surface area contributed by atoms with E-state index in [4.69, 9.17) is 0 Å². The average molecular weight is 289 g/mol. The van der Waals surface area contributed by atoms with E-state index in [0.29, 0.717) is 0 Å². The SMILES string of the molecule is CNC(=O)[C@]12C=Cc3ccccc3C1C[C@H]2c1ccccc1. The largest absolute Gasteiger partial charge is 0.358 e. The van der Waals surface area contributed by atoms with E-state index in [0.717, 1.165) is 6.42 Å². The Morgan fingerprint density at radius 2 is 1.77 bits per heavy atom. The minimum atomic E-state index is -0.440. The number of carbonyl (C=O) groups is 1. The van der Waals surface area contributed by atoms with Gasteiger partial charge in [-0.3, -0.25) is 4.79 Å². The maximum Gasteiger partial charge on any atom is 0.231 e. The van der Waals surface area contributed by atoms with Gasteiger partial charge in [-0.15, -0.1) is 0 Å². The van der Waals surface area contributed by atoms with Crippen molar-refractivity contribution in [1.29, 1.82) is 0 Å². The van der Waals surface area contributed by atoms with Crippen LogP contribution in [0.4, 0.5) is 0 Å². The smallest absolute Gasteiger partial charge is 0.231 e. The highest BCUT2D eigenvalue weighted by Crippen LogP contribution is 2.65. The first-order chi connectivity index (χ1) is 10.8. The van der Waals surface area contributed by atoms with Crippen molar-refractivity contribution in [2.45, 2.75) is 18.3 Å². The van der Waals surface area contributed by atoms with Crippen molar-refractivity contribution in [3.05, 3.63) is 77.4 Å². The average Bonchev–Trinajstić information content (AvgIpc) is 2.56. The Balaban J connectivity index is 1.83. The van der Waals surface area contributed by atoms with Crippen molar-refractivity contribution in [1.82, 2.24) is 5.32 Å². The maximum absolute atomic E-state index is 12.8. The summed E-state index contributed by atoms with van der Waals surface area (Å²) < 4.78 is 0. The number of benzene rings is 2. The molecule has 110 valence electrons. The van der Waals surface area contributed by atoms with Gasteiger partial charge in [-0.05, 0) is 23.1 Å². The molecule has 1 N–H and O–H groups in total. The van der Waals surface area contributed by atoms with Gasteiger partial charge in [0.25, 0.3) is 0 Å². The fourth-order valence-electron chi connectivity index (χ4n) is 4.24. The monoisotopic (exact) mass is 289 g/mol. The van der Waals surface area contributed by atoms with E-state index < -0.39 is 5.41 Å². The zero-order valence-corrected chi connectivity index (χ0v) is 12.6. The molecule has 0 aliphatic heterocycles. The summed E-state index contributed by atoms with van der Waals surface area (Å²) in [4.78, 5) is 12.8. The van der Waals surface area contributed by atoms with E-state index in [2.05, 4.69) is 66.0 Å². The summed E-state index contributed by atoms with van der Waals surface area (Å²) in [6, 6.07) is 18.9. The van der Waals surface area contributed by atoms with E-state index in [1.54, 1.807) is 7.05 Å². The van der Waals surface area contributed by atoms with Crippen molar-refractivity contribution >= 4 is 12.0 Å². The van der Waals surface area contributed by atoms with Crippen LogP contribution in [0.3, 0.4) is 0 Å². The van der Waals surface area contributed by atoms with Crippen molar-refractivity contribution in [2.75, 3.05) is 7.05 Å². The highest BCUT2D eigenvalue weighted by molar-refractivity contribution is 5.91. The molecule has 0 aromatic heterocycles. The summed E-state index contributed by atoms with van der Waals surface area (Å²) in [6.45, 7) is 0. The Morgan fingerprint density at radius 3 is 2.55 bits per heavy atom. The van der Waals surface area contributed by atoms with Gasteiger partial charge in [0, 0.05) is 18.9 Å². The predicted molar refractivity (Wildman–Crippen MR) is 88.5 cm³/mol. The summed E-state index contributed by atoms with van der Waals surface area (Å²) in [5.74, 6) is 0.658. The first-order valence-corrected chi connectivity index (χ1v) is 7.82. The maximum atomic E-state index is 12.8. The molecule has 2 aliphatic rings. The Hall–Kier alpha value is -2.35. The van der Waals surface area contributed by atoms with Crippen molar-refractivity contribution in [3.8, 4) is 0 Å². The minimum absolute atomic E-state index is 0.128. The normalized spacial score (nSPS) is 28.2. The van der Waals surface area contributed by atoms with E-state index in [1.807, 2.05) is 6.07 Å². The predicted octanol–water partition coefficient (Wildman–Crippen LogP) is 3.72. The molecular weight excluding hydrogens is 270 g/mol. The third-order valence-electron chi connectivity index (χ3n) is 5.36. The molecule has 3 atom stereocenters. The molecule has 2 aromatic carbocycles. The Bertz CT molecular complexity index is 749. The fraction of sp³-hybridized carbons (Fsp3) is 0.250. The highest BCUT2D eigenvalue weighted by atomic mass is 16.2. The molecule has 1 fully saturated rings. The van der Waals surface area contributed by atoms with E-state index in [9.17, 15) is 4.79 Å². The third kappa shape index (κ3) is 1.64. The molecule has 2 aliphatic carbocycles. The van der Waals surface area contributed by atoms with Gasteiger partial charge in [-0.1, -0.05) is 66.7 Å². The van der Waals surface area contributed by atoms with Crippen molar-refractivity contribution in [3.63, 3.8) is 0 Å². The topological polar surface area (TPSA) is 29.1 Å². The van der Waals surface area contributed by atoms with Crippen LogP contribution in [0.25, 0.3) is 6.08 Å². The number of carbonyl (C=O) groups excluding carboxylic acids is 1. The number of rotatable bonds is 2. The second kappa shape index (κ2) is 4.84. The van der Waals surface area contributed by atoms with E-state index in [-0.39, 0.29) is 17.7 Å². The van der Waals surface area contributed by atoms with Crippen molar-refractivity contribution < 1.29 is 4.79 Å². The van der Waals surface area contributed by atoms with Crippen molar-refractivity contribution in [2.24, 2.45) is 5.41 Å². The highest BCUT2D eigenvalue weighted by Gasteiger charge is 2.60. The van der Waals surface area contributed by atoms with Gasteiger partial charge in [-0.25, -0.2) is 0 Å². The summed E-state index contributed by atoms with van der Waals surface area (Å²) in [7, 11) is 1.74. The van der Waals surface area contributed by atoms with Gasteiger partial charge in [0.15, 0.2) is 0 Å². The molecule has 0 saturated heterocycles. The summed E-state index contributed by atoms with van der Waals surface area (Å²) in [5, 5.41) is 2.90. The van der Waals surface area contributed by atoms with Gasteiger partial charge in [-0.2, -0.15) is 0 Å². The van der Waals surface area contributed by atoms with Gasteiger partial charge >= 0.3 is 0 Å². The molecule has 1 unspecified atom stereocenters. The van der Waals surface area contributed by atoms with Gasteiger partial charge in [0.1, 0.15) is 0 Å². The molecular formula is C20H19NO. The van der Waals surface area contributed by atoms with Gasteiger partial charge in [0.2, 0.25) is 5.91 Å². The molecule has 22 heavy (non-hydrogen) atoms. The second-order valence-corrected chi connectivity index (χ2v) is 6.23. The first-order valence-electron chi connectivity index (χ1n) is 7.82. The van der Waals surface area contributed by atoms with Crippen LogP contribution in [-0.2, 0) is 4.79 Å². The Labute approximate surface area is 130 Å². The van der Waals surface area contributed by atoms with Crippen LogP contribution in [0, 0.1) is 5.41 Å². The summed E-state index contributed by atoms with van der Waals surface area (Å²) in [6.07, 6.45) is 5.29. The number of hydrogen-bond acceptors (Lipinski definition) is 1. The second-order valence-electron chi connectivity index (χ2n) is 6.23. The van der Waals surface area contributed by atoms with Crippen LogP contribution in [0.2, 0.25) is 0 Å². The molecule has 2 nitrogen and oxygen atoms in total. The third-order valence-corrected chi connectivity index (χ3v) is 5.36. The zero-order chi connectivity index (χ0) is 15.2. The molecule has 0 heterocycles. The molecule has 2 heteroatoms. The lowest BCUT2D eigenvalue weighted by atomic mass is 9.47. The van der Waals surface area contributed by atoms with Gasteiger partial charge in [0.05, 0.1) is 5.41 Å². The lowest BCUT2D eigenvalue weighted by Gasteiger charge is -2.55. The molecule has 0 radical (unpaired) electrons. The van der Waals surface area contributed by atoms with Crippen LogP contribution in [0.5, 0.6) is 0 Å². The molecule has 0 spiro atoms. The number of amides is 1. The number of fused-ring (bicyclic) bond motifs is 3. The summed E-state index contributed by atoms with van der Waals surface area (Å²) in [5.41, 5.74) is 3.37. The van der Waals surface area contributed by atoms with Crippen LogP contribution in [-0.4, -0.2) is 13.0 Å². The quantitative estimate of drug-likeness (QED) is 0.897. The zero-order valence-electron chi connectivity index (χ0n) is 12.6. The molecule has 4 rings (SSSR count). The first kappa shape index (κ1) is 13.3. The molecule has 0 bridgehead atoms. The van der Waals surface area contributed by atoms with Crippen LogP contribution in [0.15, 0.2) is 60.7 Å². The van der Waals surface area contributed by atoms with Gasteiger partial charge < -0.3 is 5.32 Å². The number of nitrogens with one attached hydrogen (secondary N) is 1. The standard InChI is InChI=1S/C20H19NO/c1-21-19(22)20-12-11-14-7-5-6-10-16(14)18(20)13-17(20)15-8-3-2-4-9-15/h2-12,17-18H,13H2,1H3,(H,21,22)/t17-,18?,20-/m0/s1. The van der Waals surface area contributed by atoms with Crippen LogP contribution in [0.1, 0.15) is 34.9 Å². The fourth-order valence-corrected chi connectivity index (χ4v) is 4.24. The Morgan fingerprint density at radius 1 is 1.05 bits per heavy atom. The van der Waals surface area contributed by atoms with E-state index in [1.165, 1.54) is 16.7 Å². The number of hydrogen-bond donors (Lipinski definition) is 1. The lowest BCUT2D eigenvalue weighted by molar-refractivity contribution is -0.135. The van der Waals surface area contributed by atoms with Crippen LogP contribution < -0.4 is 5.32 Å².